The maximum absolute atomic E-state index is 13.0. The molecule has 0 unspecified atom stereocenters. The molecule has 0 fully saturated rings. The van der Waals surface area contributed by atoms with Gasteiger partial charge in [0.2, 0.25) is 70.9 Å². The molecule has 0 aromatic carbocycles. The molecule has 0 bridgehead atoms. The number of rotatable bonds is 35. The number of hydrogen-bond donors (Lipinski definition) is 2. The Hall–Kier alpha value is -6.52. The molecule has 0 aliphatic carbocycles. The second-order valence-electron chi connectivity index (χ2n) is 21.0. The zero-order valence-electron chi connectivity index (χ0n) is 50.0. The molecule has 0 radical (unpaired) electrons. The lowest BCUT2D eigenvalue weighted by molar-refractivity contribution is -0.148. The summed E-state index contributed by atoms with van der Waals surface area (Å²) in [7, 11) is 16.6. The minimum absolute atomic E-state index is 0.0584. The summed E-state index contributed by atoms with van der Waals surface area (Å²) in [6.45, 7) is 8.44. The average Bonchev–Trinajstić information content (AvgIpc) is 3.36. The number of carbonyl (C=O) groups is 14. The first kappa shape index (κ1) is 73.5. The van der Waals surface area contributed by atoms with E-state index in [1.807, 2.05) is 13.8 Å². The smallest absolute Gasteiger partial charge is 0.308 e. The number of Topliss-reactive ketones (excluding diaryl/α,β-unsaturated/α-hetero) is 1. The topological polar surface area (TPSA) is 305 Å². The Kier molecular flexibility index (Phi) is 33.0. The Morgan fingerprint density at radius 2 is 0.713 bits per heavy atom. The molecule has 29 heteroatoms. The number of likely N-dealkylation sites (N-methyl/N-ethyl adjacent to an activating group) is 10. The van der Waals surface area contributed by atoms with Crippen molar-refractivity contribution in [2.75, 3.05) is 155 Å². The van der Waals surface area contributed by atoms with Crippen molar-refractivity contribution >= 4 is 104 Å². The largest absolute Gasteiger partial charge is 0.464 e. The SMILES string of the molecule is CC(C)C(=O)OCC(C)(C)SSCCCC(=O)NCCC(=O)N(C)CC(=O)N(C)CC(=O)N(C)CC(=O)N(C)CC(=O)N(C)CC(=O)N(C)CC(=O)N(C)CC(=O)N(C)CC(=O)N(C)CC(=O)N(C)CC(=O)N[C@@H](C)C(=O)C(C)C. The summed E-state index contributed by atoms with van der Waals surface area (Å²) in [5, 5.41) is 5.24. The minimum atomic E-state index is -0.741. The van der Waals surface area contributed by atoms with Crippen molar-refractivity contribution in [3.8, 4) is 0 Å². The van der Waals surface area contributed by atoms with Gasteiger partial charge in [0.1, 0.15) is 6.61 Å². The highest BCUT2D eigenvalue weighted by Crippen LogP contribution is 2.36. The fourth-order valence-corrected chi connectivity index (χ4v) is 8.86. The van der Waals surface area contributed by atoms with Gasteiger partial charge in [-0.05, 0) is 27.2 Å². The third-order valence-electron chi connectivity index (χ3n) is 12.0. The van der Waals surface area contributed by atoms with Gasteiger partial charge in [-0.2, -0.15) is 0 Å². The van der Waals surface area contributed by atoms with Crippen molar-refractivity contribution in [3.05, 3.63) is 0 Å². The molecule has 0 saturated heterocycles. The lowest BCUT2D eigenvalue weighted by Crippen LogP contribution is -2.49. The van der Waals surface area contributed by atoms with Gasteiger partial charge < -0.3 is 64.4 Å². The number of carbonyl (C=O) groups excluding carboxylic acids is 14. The van der Waals surface area contributed by atoms with E-state index < -0.39 is 123 Å². The van der Waals surface area contributed by atoms with Crippen molar-refractivity contribution in [3.63, 3.8) is 0 Å². The molecule has 2 N–H and O–H groups in total. The fraction of sp³-hybridized carbons (Fsp3) is 0.725. The van der Waals surface area contributed by atoms with E-state index in [1.54, 1.807) is 56.2 Å². The van der Waals surface area contributed by atoms with Crippen molar-refractivity contribution in [1.29, 1.82) is 0 Å². The molecule has 0 rings (SSSR count). The van der Waals surface area contributed by atoms with Crippen LogP contribution in [0.4, 0.5) is 0 Å². The van der Waals surface area contributed by atoms with Crippen molar-refractivity contribution in [2.45, 2.75) is 78.5 Å². The zero-order valence-corrected chi connectivity index (χ0v) is 51.6. The maximum atomic E-state index is 13.0. The van der Waals surface area contributed by atoms with E-state index in [-0.39, 0.29) is 73.3 Å². The second-order valence-corrected chi connectivity index (χ2v) is 24.1. The molecule has 27 nitrogen and oxygen atoms in total. The molecule has 0 spiro atoms. The summed E-state index contributed by atoms with van der Waals surface area (Å²) in [5.74, 6) is -6.96. The normalized spacial score (nSPS) is 11.3. The van der Waals surface area contributed by atoms with Crippen LogP contribution in [0.1, 0.15) is 67.7 Å². The number of amides is 12. The van der Waals surface area contributed by atoms with Gasteiger partial charge in [-0.25, -0.2) is 0 Å². The van der Waals surface area contributed by atoms with Crippen LogP contribution in [-0.2, 0) is 71.9 Å². The number of ketones is 1. The Morgan fingerprint density at radius 1 is 0.412 bits per heavy atom. The summed E-state index contributed by atoms with van der Waals surface area (Å²) >= 11 is 0. The van der Waals surface area contributed by atoms with Crippen LogP contribution in [0, 0.1) is 11.8 Å². The molecule has 80 heavy (non-hydrogen) atoms. The Balaban J connectivity index is 4.79. The molecule has 12 amide bonds. The van der Waals surface area contributed by atoms with E-state index in [4.69, 9.17) is 4.74 Å². The molecule has 0 saturated carbocycles. The third-order valence-corrected chi connectivity index (χ3v) is 15.3. The van der Waals surface area contributed by atoms with Crippen LogP contribution < -0.4 is 10.6 Å². The number of hydrogen-bond acceptors (Lipinski definition) is 17. The molecule has 0 aromatic heterocycles. The Labute approximate surface area is 479 Å². The Morgan fingerprint density at radius 3 is 1.01 bits per heavy atom. The standard InChI is InChI=1S/C51H88N12O15S2/c1-34(2)49(76)36(5)53-38(65)23-54(8)40(67)25-56(10)42(69)27-58(12)44(71)29-60(14)46(73)31-62(16)48(75)32-63(17)47(74)30-61(15)45(72)28-59(13)43(70)26-57(11)41(68)24-55(9)39(66)20-21-52-37(64)19-18-22-79-80-51(6,7)33-78-50(77)35(3)4/h34-36H,18-33H2,1-17H3,(H,52,64)(H,53,65)/t36-/m0/s1. The molecular formula is C51H88N12O15S2. The van der Waals surface area contributed by atoms with Gasteiger partial charge in [0.25, 0.3) is 0 Å². The number of nitrogens with zero attached hydrogens (tertiary/aromatic N) is 10. The van der Waals surface area contributed by atoms with Crippen LogP contribution >= 0.6 is 21.6 Å². The van der Waals surface area contributed by atoms with Crippen LogP contribution in [0.25, 0.3) is 0 Å². The first-order chi connectivity index (χ1) is 36.9. The predicted molar refractivity (Wildman–Crippen MR) is 301 cm³/mol. The molecule has 0 aromatic rings. The van der Waals surface area contributed by atoms with Crippen molar-refractivity contribution in [2.24, 2.45) is 11.8 Å². The average molecular weight is 1170 g/mol. The van der Waals surface area contributed by atoms with E-state index in [1.165, 1.54) is 75.4 Å². The van der Waals surface area contributed by atoms with Gasteiger partial charge in [0.15, 0.2) is 5.78 Å². The van der Waals surface area contributed by atoms with Crippen LogP contribution in [0.15, 0.2) is 0 Å². The first-order valence-electron chi connectivity index (χ1n) is 25.9. The number of ether oxygens (including phenoxy) is 1. The number of nitrogens with one attached hydrogen (secondary N) is 2. The lowest BCUT2D eigenvalue weighted by atomic mass is 10.0. The summed E-state index contributed by atoms with van der Waals surface area (Å²) in [6, 6.07) is -0.741. The van der Waals surface area contributed by atoms with Crippen LogP contribution in [-0.4, -0.2) is 297 Å². The van der Waals surface area contributed by atoms with E-state index in [9.17, 15) is 67.1 Å². The molecule has 454 valence electrons. The summed E-state index contributed by atoms with van der Waals surface area (Å²) in [5.41, 5.74) is 0. The van der Waals surface area contributed by atoms with Gasteiger partial charge >= 0.3 is 5.97 Å². The third kappa shape index (κ3) is 29.1. The van der Waals surface area contributed by atoms with Crippen LogP contribution in [0.2, 0.25) is 0 Å². The van der Waals surface area contributed by atoms with Crippen molar-refractivity contribution < 1.29 is 71.9 Å². The first-order valence-corrected chi connectivity index (χ1v) is 28.2. The predicted octanol–water partition coefficient (Wildman–Crippen LogP) is -2.05. The zero-order chi connectivity index (χ0) is 61.9. The highest BCUT2D eigenvalue weighted by atomic mass is 33.1. The van der Waals surface area contributed by atoms with Crippen molar-refractivity contribution in [1.82, 2.24) is 59.6 Å². The molecular weight excluding hydrogens is 1080 g/mol. The summed E-state index contributed by atoms with van der Waals surface area (Å²) < 4.78 is 5.03. The van der Waals surface area contributed by atoms with Crippen LogP contribution in [0.3, 0.4) is 0 Å². The van der Waals surface area contributed by atoms with Gasteiger partial charge in [-0.1, -0.05) is 49.3 Å². The van der Waals surface area contributed by atoms with E-state index in [0.717, 1.165) is 44.1 Å². The van der Waals surface area contributed by atoms with E-state index >= 15 is 0 Å². The molecule has 0 aliphatic rings. The van der Waals surface area contributed by atoms with E-state index in [2.05, 4.69) is 10.6 Å². The molecule has 1 atom stereocenters. The second kappa shape index (κ2) is 36.0. The minimum Gasteiger partial charge on any atom is -0.464 e. The van der Waals surface area contributed by atoms with Gasteiger partial charge in [0.05, 0.1) is 82.2 Å². The highest BCUT2D eigenvalue weighted by Gasteiger charge is 2.28. The van der Waals surface area contributed by atoms with Gasteiger partial charge in [-0.3, -0.25) is 67.1 Å². The lowest BCUT2D eigenvalue weighted by Gasteiger charge is -2.27. The summed E-state index contributed by atoms with van der Waals surface area (Å²) in [4.78, 5) is 188. The van der Waals surface area contributed by atoms with Gasteiger partial charge in [-0.15, -0.1) is 0 Å². The highest BCUT2D eigenvalue weighted by molar-refractivity contribution is 8.77. The summed E-state index contributed by atoms with van der Waals surface area (Å²) in [6.07, 6.45) is 0.794. The monoisotopic (exact) mass is 1170 g/mol. The number of esters is 1. The van der Waals surface area contributed by atoms with Gasteiger partial charge in [0, 0.05) is 102 Å². The fourth-order valence-electron chi connectivity index (χ4n) is 6.38. The van der Waals surface area contributed by atoms with E-state index in [0.29, 0.717) is 12.2 Å². The molecule has 0 heterocycles. The van der Waals surface area contributed by atoms with Crippen LogP contribution in [0.5, 0.6) is 0 Å². The Bertz CT molecular complexity index is 2220. The quantitative estimate of drug-likeness (QED) is 0.0392. The molecule has 0 aliphatic heterocycles. The maximum Gasteiger partial charge on any atom is 0.308 e.